The second-order valence-electron chi connectivity index (χ2n) is 5.15. The van der Waals surface area contributed by atoms with Crippen LogP contribution in [-0.2, 0) is 10.0 Å². The minimum atomic E-state index is -3.08. The lowest BCUT2D eigenvalue weighted by molar-refractivity contribution is 0.239. The Bertz CT molecular complexity index is 318. The molecule has 17 heavy (non-hydrogen) atoms. The second-order valence-corrected chi connectivity index (χ2v) is 7.68. The van der Waals surface area contributed by atoms with E-state index in [2.05, 4.69) is 6.92 Å². The van der Waals surface area contributed by atoms with E-state index >= 15 is 0 Å². The van der Waals surface area contributed by atoms with Gasteiger partial charge in [-0.05, 0) is 31.6 Å². The fraction of sp³-hybridized carbons (Fsp3) is 1.00. The third-order valence-electron chi connectivity index (χ3n) is 3.65. The van der Waals surface area contributed by atoms with Crippen molar-refractivity contribution in [2.75, 3.05) is 18.7 Å². The van der Waals surface area contributed by atoms with Crippen LogP contribution in [0.4, 0.5) is 0 Å². The zero-order valence-corrected chi connectivity index (χ0v) is 12.4. The molecule has 1 saturated carbocycles. The van der Waals surface area contributed by atoms with E-state index in [-0.39, 0.29) is 11.8 Å². The van der Waals surface area contributed by atoms with Crippen LogP contribution in [0.3, 0.4) is 0 Å². The molecule has 0 spiro atoms. The van der Waals surface area contributed by atoms with Gasteiger partial charge in [-0.25, -0.2) is 12.7 Å². The molecule has 0 radical (unpaired) electrons. The zero-order valence-electron chi connectivity index (χ0n) is 10.9. The zero-order chi connectivity index (χ0) is 12.9. The summed E-state index contributed by atoms with van der Waals surface area (Å²) in [6.45, 7) is 2.21. The summed E-state index contributed by atoms with van der Waals surface area (Å²) in [5, 5.41) is 0. The van der Waals surface area contributed by atoms with Gasteiger partial charge in [0.2, 0.25) is 10.0 Å². The molecule has 1 fully saturated rings. The van der Waals surface area contributed by atoms with Crippen LogP contribution in [0.5, 0.6) is 0 Å². The Kier molecular flexibility index (Phi) is 6.24. The minimum Gasteiger partial charge on any atom is -0.212 e. The summed E-state index contributed by atoms with van der Waals surface area (Å²) in [5.41, 5.74) is 0. The van der Waals surface area contributed by atoms with E-state index in [0.29, 0.717) is 18.2 Å². The van der Waals surface area contributed by atoms with E-state index in [1.807, 2.05) is 0 Å². The van der Waals surface area contributed by atoms with Gasteiger partial charge >= 0.3 is 0 Å². The van der Waals surface area contributed by atoms with Crippen LogP contribution in [0.1, 0.15) is 45.4 Å². The van der Waals surface area contributed by atoms with Crippen molar-refractivity contribution in [3.8, 4) is 0 Å². The highest BCUT2D eigenvalue weighted by molar-refractivity contribution is 7.89. The van der Waals surface area contributed by atoms with Gasteiger partial charge in [-0.3, -0.25) is 0 Å². The predicted molar refractivity (Wildman–Crippen MR) is 72.9 cm³/mol. The average Bonchev–Trinajstić information content (AvgIpc) is 2.28. The molecule has 0 aromatic heterocycles. The normalized spacial score (nSPS) is 26.4. The molecule has 0 aromatic carbocycles. The summed E-state index contributed by atoms with van der Waals surface area (Å²) >= 11 is 5.57. The Morgan fingerprint density at radius 1 is 1.29 bits per heavy atom. The quantitative estimate of drug-likeness (QED) is 0.555. The number of hydrogen-bond donors (Lipinski definition) is 0. The van der Waals surface area contributed by atoms with E-state index in [4.69, 9.17) is 11.6 Å². The highest BCUT2D eigenvalue weighted by atomic mass is 35.5. The monoisotopic (exact) mass is 281 g/mol. The number of alkyl halides is 1. The van der Waals surface area contributed by atoms with Crippen molar-refractivity contribution in [3.63, 3.8) is 0 Å². The van der Waals surface area contributed by atoms with E-state index in [9.17, 15) is 8.42 Å². The van der Waals surface area contributed by atoms with Gasteiger partial charge in [0.05, 0.1) is 5.75 Å². The standard InChI is InChI=1S/C12H24ClNO2S/c1-11-6-5-7-12(10-11)14(2)17(15,16)9-4-3-8-13/h11-12H,3-10H2,1-2H3. The van der Waals surface area contributed by atoms with Crippen LogP contribution in [0.15, 0.2) is 0 Å². The summed E-state index contributed by atoms with van der Waals surface area (Å²) in [6.07, 6.45) is 5.83. The van der Waals surface area contributed by atoms with Gasteiger partial charge in [0.1, 0.15) is 0 Å². The maximum absolute atomic E-state index is 12.1. The summed E-state index contributed by atoms with van der Waals surface area (Å²) in [7, 11) is -1.35. The first kappa shape index (κ1) is 15.3. The smallest absolute Gasteiger partial charge is 0.212 e. The van der Waals surface area contributed by atoms with E-state index in [1.165, 1.54) is 6.42 Å². The fourth-order valence-electron chi connectivity index (χ4n) is 2.48. The molecule has 2 unspecified atom stereocenters. The van der Waals surface area contributed by atoms with Gasteiger partial charge < -0.3 is 0 Å². The summed E-state index contributed by atoms with van der Waals surface area (Å²) in [4.78, 5) is 0. The second kappa shape index (κ2) is 6.95. The van der Waals surface area contributed by atoms with Gasteiger partial charge in [0.25, 0.3) is 0 Å². The molecular formula is C12H24ClNO2S. The van der Waals surface area contributed by atoms with Crippen LogP contribution in [0, 0.1) is 5.92 Å². The van der Waals surface area contributed by atoms with E-state index in [0.717, 1.165) is 25.7 Å². The lowest BCUT2D eigenvalue weighted by atomic mass is 9.87. The van der Waals surface area contributed by atoms with Crippen molar-refractivity contribution >= 4 is 21.6 Å². The van der Waals surface area contributed by atoms with Crippen LogP contribution in [0.2, 0.25) is 0 Å². The molecule has 0 saturated heterocycles. The highest BCUT2D eigenvalue weighted by Crippen LogP contribution is 2.28. The van der Waals surface area contributed by atoms with Crippen molar-refractivity contribution in [2.45, 2.75) is 51.5 Å². The number of unbranched alkanes of at least 4 members (excludes halogenated alkanes) is 1. The molecule has 0 N–H and O–H groups in total. The van der Waals surface area contributed by atoms with Crippen LogP contribution in [0.25, 0.3) is 0 Å². The molecule has 0 bridgehead atoms. The first-order valence-electron chi connectivity index (χ1n) is 6.49. The van der Waals surface area contributed by atoms with Crippen molar-refractivity contribution in [1.29, 1.82) is 0 Å². The van der Waals surface area contributed by atoms with Crippen molar-refractivity contribution in [2.24, 2.45) is 5.92 Å². The molecule has 0 heterocycles. The van der Waals surface area contributed by atoms with Crippen molar-refractivity contribution in [1.82, 2.24) is 4.31 Å². The minimum absolute atomic E-state index is 0.208. The Hall–Kier alpha value is 0.200. The summed E-state index contributed by atoms with van der Waals surface area (Å²) < 4.78 is 25.8. The molecule has 3 nitrogen and oxygen atoms in total. The molecule has 0 amide bonds. The Balaban J connectivity index is 2.51. The molecule has 1 aliphatic carbocycles. The molecule has 102 valence electrons. The number of nitrogens with zero attached hydrogens (tertiary/aromatic N) is 1. The average molecular weight is 282 g/mol. The van der Waals surface area contributed by atoms with Crippen LogP contribution < -0.4 is 0 Å². The van der Waals surface area contributed by atoms with Crippen LogP contribution >= 0.6 is 11.6 Å². The highest BCUT2D eigenvalue weighted by Gasteiger charge is 2.29. The SMILES string of the molecule is CC1CCCC(N(C)S(=O)(=O)CCCCCl)C1. The van der Waals surface area contributed by atoms with E-state index in [1.54, 1.807) is 11.4 Å². The van der Waals surface area contributed by atoms with Gasteiger partial charge in [0.15, 0.2) is 0 Å². The Labute approximate surface area is 111 Å². The molecule has 0 aliphatic heterocycles. The first-order valence-corrected chi connectivity index (χ1v) is 8.63. The van der Waals surface area contributed by atoms with Crippen molar-refractivity contribution in [3.05, 3.63) is 0 Å². The maximum atomic E-state index is 12.1. The third kappa shape index (κ3) is 4.76. The summed E-state index contributed by atoms with van der Waals surface area (Å²) in [5.74, 6) is 1.43. The van der Waals surface area contributed by atoms with Gasteiger partial charge in [-0.2, -0.15) is 0 Å². The molecular weight excluding hydrogens is 258 g/mol. The number of hydrogen-bond acceptors (Lipinski definition) is 2. The van der Waals surface area contributed by atoms with Gasteiger partial charge in [0, 0.05) is 19.0 Å². The molecule has 1 aliphatic rings. The largest absolute Gasteiger partial charge is 0.214 e. The number of halogens is 1. The Morgan fingerprint density at radius 2 is 2.00 bits per heavy atom. The summed E-state index contributed by atoms with van der Waals surface area (Å²) in [6, 6.07) is 0.208. The molecule has 1 rings (SSSR count). The maximum Gasteiger partial charge on any atom is 0.214 e. The third-order valence-corrected chi connectivity index (χ3v) is 5.90. The van der Waals surface area contributed by atoms with Crippen LogP contribution in [-0.4, -0.2) is 37.4 Å². The molecule has 5 heteroatoms. The lowest BCUT2D eigenvalue weighted by Gasteiger charge is -2.33. The first-order chi connectivity index (χ1) is 7.97. The molecule has 0 aromatic rings. The number of sulfonamides is 1. The lowest BCUT2D eigenvalue weighted by Crippen LogP contribution is -2.40. The molecule has 2 atom stereocenters. The topological polar surface area (TPSA) is 37.4 Å². The van der Waals surface area contributed by atoms with E-state index < -0.39 is 10.0 Å². The fourth-order valence-corrected chi connectivity index (χ4v) is 4.17. The Morgan fingerprint density at radius 3 is 2.59 bits per heavy atom. The predicted octanol–water partition coefficient (Wildman–Crippen LogP) is 2.85. The van der Waals surface area contributed by atoms with Gasteiger partial charge in [-0.1, -0.05) is 19.8 Å². The van der Waals surface area contributed by atoms with Crippen molar-refractivity contribution < 1.29 is 8.42 Å². The van der Waals surface area contributed by atoms with Gasteiger partial charge in [-0.15, -0.1) is 11.6 Å². The number of rotatable bonds is 6.